The minimum atomic E-state index is -0.699. The lowest BCUT2D eigenvalue weighted by atomic mass is 9.96. The van der Waals surface area contributed by atoms with Crippen molar-refractivity contribution in [1.29, 1.82) is 0 Å². The van der Waals surface area contributed by atoms with Crippen molar-refractivity contribution in [1.82, 2.24) is 4.57 Å². The Labute approximate surface area is 242 Å². The number of aromatic nitrogens is 1. The molecule has 0 spiro atoms. The van der Waals surface area contributed by atoms with Crippen LogP contribution in [0.1, 0.15) is 31.2 Å². The first-order chi connectivity index (χ1) is 18.9. The Morgan fingerprint density at radius 3 is 2.59 bits per heavy atom. The molecule has 9 heteroatoms. The lowest BCUT2D eigenvalue weighted by Gasteiger charge is -2.24. The van der Waals surface area contributed by atoms with Crippen LogP contribution in [0.25, 0.3) is 17.4 Å². The lowest BCUT2D eigenvalue weighted by Crippen LogP contribution is -2.39. The predicted octanol–water partition coefficient (Wildman–Crippen LogP) is 5.23. The second-order valence-corrected chi connectivity index (χ2v) is 10.9. The molecular weight excluding hydrogens is 627 g/mol. The molecule has 0 aliphatic carbocycles. The minimum Gasteiger partial charge on any atom is -0.490 e. The van der Waals surface area contributed by atoms with Gasteiger partial charge in [0.15, 0.2) is 4.80 Å². The third-order valence-electron chi connectivity index (χ3n) is 6.11. The van der Waals surface area contributed by atoms with E-state index in [2.05, 4.69) is 34.2 Å². The van der Waals surface area contributed by atoms with Crippen molar-refractivity contribution in [3.8, 4) is 17.1 Å². The van der Waals surface area contributed by atoms with E-state index < -0.39 is 12.0 Å². The van der Waals surface area contributed by atoms with Gasteiger partial charge in [-0.3, -0.25) is 9.36 Å². The molecule has 2 aromatic carbocycles. The van der Waals surface area contributed by atoms with Crippen LogP contribution in [0.3, 0.4) is 0 Å². The fourth-order valence-electron chi connectivity index (χ4n) is 4.34. The van der Waals surface area contributed by atoms with Gasteiger partial charge in [0.1, 0.15) is 23.9 Å². The van der Waals surface area contributed by atoms with E-state index in [4.69, 9.17) is 13.9 Å². The van der Waals surface area contributed by atoms with Crippen LogP contribution in [0.15, 0.2) is 98.8 Å². The standard InChI is InChI=1S/C30H25IN2O5S/c1-4-16-37-22-12-8-20(9-13-22)27-26(29(35)36-5-2)18(3)32-30-33(27)28(34)25(39-30)17-23-14-15-24(38-23)19-6-10-21(31)11-7-19/h4,6-15,17,27H,1,5,16H2,2-3H3/b25-17-/t27-/m1/s1. The van der Waals surface area contributed by atoms with Crippen molar-refractivity contribution in [2.24, 2.45) is 4.99 Å². The van der Waals surface area contributed by atoms with E-state index in [0.29, 0.717) is 44.5 Å². The first kappa shape index (κ1) is 26.9. The zero-order chi connectivity index (χ0) is 27.5. The van der Waals surface area contributed by atoms with E-state index in [1.54, 1.807) is 30.6 Å². The minimum absolute atomic E-state index is 0.211. The SMILES string of the molecule is C=CCOc1ccc([C@@H]2C(C(=O)OCC)=C(C)N=c3s/c(=C\c4ccc(-c5ccc(I)cc5)o4)c(=O)n32)cc1. The zero-order valence-electron chi connectivity index (χ0n) is 21.3. The summed E-state index contributed by atoms with van der Waals surface area (Å²) in [6.45, 7) is 7.76. The van der Waals surface area contributed by atoms with Gasteiger partial charge in [0, 0.05) is 15.2 Å². The molecule has 4 aromatic rings. The smallest absolute Gasteiger partial charge is 0.338 e. The Balaban J connectivity index is 1.59. The summed E-state index contributed by atoms with van der Waals surface area (Å²) < 4.78 is 20.1. The summed E-state index contributed by atoms with van der Waals surface area (Å²) in [6.07, 6.45) is 3.38. The van der Waals surface area contributed by atoms with Crippen molar-refractivity contribution in [2.75, 3.05) is 13.2 Å². The van der Waals surface area contributed by atoms with Crippen LogP contribution < -0.4 is 19.6 Å². The van der Waals surface area contributed by atoms with Gasteiger partial charge in [-0.05, 0) is 78.4 Å². The number of nitrogens with zero attached hydrogens (tertiary/aromatic N) is 2. The zero-order valence-corrected chi connectivity index (χ0v) is 24.3. The molecule has 7 nitrogen and oxygen atoms in total. The predicted molar refractivity (Wildman–Crippen MR) is 159 cm³/mol. The molecule has 0 bridgehead atoms. The molecule has 0 saturated carbocycles. The van der Waals surface area contributed by atoms with Crippen LogP contribution in [-0.4, -0.2) is 23.8 Å². The molecule has 1 aliphatic rings. The molecule has 3 heterocycles. The number of ether oxygens (including phenoxy) is 2. The number of furan rings is 1. The number of carbonyl (C=O) groups excluding carboxylic acids is 1. The Morgan fingerprint density at radius 1 is 1.15 bits per heavy atom. The molecule has 2 aromatic heterocycles. The average molecular weight is 653 g/mol. The van der Waals surface area contributed by atoms with Gasteiger partial charge in [-0.1, -0.05) is 48.3 Å². The van der Waals surface area contributed by atoms with Gasteiger partial charge in [-0.2, -0.15) is 0 Å². The highest BCUT2D eigenvalue weighted by Crippen LogP contribution is 2.32. The normalized spacial score (nSPS) is 15.1. The molecular formula is C30H25IN2O5S. The maximum atomic E-state index is 13.8. The number of carbonyl (C=O) groups is 1. The molecule has 5 rings (SSSR count). The summed E-state index contributed by atoms with van der Waals surface area (Å²) in [7, 11) is 0. The van der Waals surface area contributed by atoms with E-state index in [-0.39, 0.29) is 12.2 Å². The summed E-state index contributed by atoms with van der Waals surface area (Å²) in [5.74, 6) is 1.42. The number of hydrogen-bond donors (Lipinski definition) is 0. The number of allylic oxidation sites excluding steroid dienone is 1. The molecule has 198 valence electrons. The molecule has 0 amide bonds. The Bertz CT molecular complexity index is 1740. The summed E-state index contributed by atoms with van der Waals surface area (Å²) in [6, 6.07) is 18.3. The van der Waals surface area contributed by atoms with E-state index in [1.807, 2.05) is 60.7 Å². The molecule has 39 heavy (non-hydrogen) atoms. The van der Waals surface area contributed by atoms with Crippen LogP contribution in [0, 0.1) is 3.57 Å². The lowest BCUT2D eigenvalue weighted by molar-refractivity contribution is -0.139. The molecule has 1 atom stereocenters. The summed E-state index contributed by atoms with van der Waals surface area (Å²) >= 11 is 3.51. The Kier molecular flexibility index (Phi) is 7.99. The molecule has 0 fully saturated rings. The van der Waals surface area contributed by atoms with Gasteiger partial charge >= 0.3 is 5.97 Å². The van der Waals surface area contributed by atoms with Gasteiger partial charge in [0.2, 0.25) is 0 Å². The van der Waals surface area contributed by atoms with Gasteiger partial charge in [0.25, 0.3) is 5.56 Å². The van der Waals surface area contributed by atoms with E-state index in [9.17, 15) is 9.59 Å². The highest BCUT2D eigenvalue weighted by Gasteiger charge is 2.33. The van der Waals surface area contributed by atoms with Crippen molar-refractivity contribution >= 4 is 46.0 Å². The molecule has 0 N–H and O–H groups in total. The first-order valence-corrected chi connectivity index (χ1v) is 14.2. The van der Waals surface area contributed by atoms with Crippen molar-refractivity contribution < 1.29 is 18.7 Å². The fraction of sp³-hybridized carbons (Fsp3) is 0.167. The summed E-state index contributed by atoms with van der Waals surface area (Å²) in [5.41, 5.74) is 2.26. The number of benzene rings is 2. The average Bonchev–Trinajstić information content (AvgIpc) is 3.52. The van der Waals surface area contributed by atoms with Crippen molar-refractivity contribution in [2.45, 2.75) is 19.9 Å². The van der Waals surface area contributed by atoms with Crippen LogP contribution in [-0.2, 0) is 9.53 Å². The Morgan fingerprint density at radius 2 is 1.90 bits per heavy atom. The van der Waals surface area contributed by atoms with Crippen LogP contribution in [0.2, 0.25) is 0 Å². The highest BCUT2D eigenvalue weighted by molar-refractivity contribution is 14.1. The molecule has 0 unspecified atom stereocenters. The van der Waals surface area contributed by atoms with Gasteiger partial charge < -0.3 is 13.9 Å². The van der Waals surface area contributed by atoms with Crippen molar-refractivity contribution in [3.63, 3.8) is 0 Å². The topological polar surface area (TPSA) is 83.0 Å². The Hall–Kier alpha value is -3.70. The highest BCUT2D eigenvalue weighted by atomic mass is 127. The van der Waals surface area contributed by atoms with Crippen LogP contribution in [0.5, 0.6) is 5.75 Å². The van der Waals surface area contributed by atoms with Gasteiger partial charge in [-0.15, -0.1) is 0 Å². The number of hydrogen-bond acceptors (Lipinski definition) is 7. The quantitative estimate of drug-likeness (QED) is 0.148. The van der Waals surface area contributed by atoms with Gasteiger partial charge in [-0.25, -0.2) is 9.79 Å². The second kappa shape index (κ2) is 11.6. The number of halogens is 1. The number of rotatable bonds is 8. The molecule has 1 aliphatic heterocycles. The first-order valence-electron chi connectivity index (χ1n) is 12.3. The monoisotopic (exact) mass is 652 g/mol. The third-order valence-corrected chi connectivity index (χ3v) is 7.81. The molecule has 0 saturated heterocycles. The fourth-order valence-corrected chi connectivity index (χ4v) is 5.72. The van der Waals surface area contributed by atoms with Crippen molar-refractivity contribution in [3.05, 3.63) is 119 Å². The van der Waals surface area contributed by atoms with Gasteiger partial charge in [0.05, 0.1) is 28.5 Å². The maximum absolute atomic E-state index is 13.8. The number of esters is 1. The van der Waals surface area contributed by atoms with Crippen LogP contribution >= 0.6 is 33.9 Å². The van der Waals surface area contributed by atoms with E-state index in [0.717, 1.165) is 14.7 Å². The summed E-state index contributed by atoms with van der Waals surface area (Å²) in [4.78, 5) is 32.0. The number of thiazole rings is 1. The van der Waals surface area contributed by atoms with E-state index in [1.165, 1.54) is 11.3 Å². The largest absolute Gasteiger partial charge is 0.490 e. The second-order valence-electron chi connectivity index (χ2n) is 8.68. The maximum Gasteiger partial charge on any atom is 0.338 e. The number of fused-ring (bicyclic) bond motifs is 1. The third kappa shape index (κ3) is 5.55. The van der Waals surface area contributed by atoms with E-state index >= 15 is 0 Å². The molecule has 0 radical (unpaired) electrons. The van der Waals surface area contributed by atoms with Crippen LogP contribution in [0.4, 0.5) is 0 Å². The summed E-state index contributed by atoms with van der Waals surface area (Å²) in [5, 5.41) is 0.